The van der Waals surface area contributed by atoms with Crippen LogP contribution in [-0.2, 0) is 10.0 Å². The second kappa shape index (κ2) is 6.06. The van der Waals surface area contributed by atoms with E-state index in [0.717, 1.165) is 17.9 Å². The minimum Gasteiger partial charge on any atom is -0.366 e. The van der Waals surface area contributed by atoms with Gasteiger partial charge in [-0.15, -0.1) is 0 Å². The van der Waals surface area contributed by atoms with Gasteiger partial charge in [0.25, 0.3) is 10.0 Å². The standard InChI is InChI=1S/C17H19ClN2O2S/c1-3-19-13(2)12-20(17-7-5-4-6-16(17)19)23(21,22)15-10-8-14(18)9-11-15/h4-11,13H,3,12H2,1-2H3. The smallest absolute Gasteiger partial charge is 0.264 e. The fourth-order valence-corrected chi connectivity index (χ4v) is 4.72. The first-order chi connectivity index (χ1) is 10.9. The maximum Gasteiger partial charge on any atom is 0.264 e. The quantitative estimate of drug-likeness (QED) is 0.846. The summed E-state index contributed by atoms with van der Waals surface area (Å²) in [5, 5.41) is 0.522. The van der Waals surface area contributed by atoms with Crippen molar-refractivity contribution in [2.24, 2.45) is 0 Å². The summed E-state index contributed by atoms with van der Waals surface area (Å²) in [5.74, 6) is 0. The average molecular weight is 351 g/mol. The zero-order chi connectivity index (χ0) is 16.6. The molecule has 0 amide bonds. The molecule has 0 fully saturated rings. The predicted molar refractivity (Wildman–Crippen MR) is 94.9 cm³/mol. The van der Waals surface area contributed by atoms with Gasteiger partial charge in [-0.25, -0.2) is 8.42 Å². The monoisotopic (exact) mass is 350 g/mol. The molecule has 0 bridgehead atoms. The minimum absolute atomic E-state index is 0.108. The van der Waals surface area contributed by atoms with Crippen molar-refractivity contribution in [1.29, 1.82) is 0 Å². The number of hydrogen-bond acceptors (Lipinski definition) is 3. The Morgan fingerprint density at radius 3 is 2.30 bits per heavy atom. The van der Waals surface area contributed by atoms with E-state index in [0.29, 0.717) is 11.6 Å². The third-order valence-electron chi connectivity index (χ3n) is 4.16. The molecule has 2 aromatic carbocycles. The van der Waals surface area contributed by atoms with Gasteiger partial charge in [0.1, 0.15) is 0 Å². The van der Waals surface area contributed by atoms with Gasteiger partial charge >= 0.3 is 0 Å². The van der Waals surface area contributed by atoms with Gasteiger partial charge in [0.15, 0.2) is 0 Å². The van der Waals surface area contributed by atoms with E-state index in [-0.39, 0.29) is 10.9 Å². The minimum atomic E-state index is -3.61. The van der Waals surface area contributed by atoms with Crippen molar-refractivity contribution in [1.82, 2.24) is 0 Å². The number of benzene rings is 2. The molecule has 0 radical (unpaired) electrons. The maximum atomic E-state index is 13.1. The number of sulfonamides is 1. The molecule has 2 aromatic rings. The lowest BCUT2D eigenvalue weighted by molar-refractivity contribution is 0.574. The highest BCUT2D eigenvalue weighted by Crippen LogP contribution is 2.38. The van der Waals surface area contributed by atoms with Crippen LogP contribution >= 0.6 is 11.6 Å². The molecule has 1 aliphatic heterocycles. The van der Waals surface area contributed by atoms with E-state index in [1.54, 1.807) is 24.3 Å². The molecule has 4 nitrogen and oxygen atoms in total. The first-order valence-corrected chi connectivity index (χ1v) is 9.41. The van der Waals surface area contributed by atoms with Gasteiger partial charge in [-0.05, 0) is 50.2 Å². The topological polar surface area (TPSA) is 40.6 Å². The Morgan fingerprint density at radius 1 is 1.09 bits per heavy atom. The van der Waals surface area contributed by atoms with Gasteiger partial charge in [-0.2, -0.15) is 0 Å². The summed E-state index contributed by atoms with van der Waals surface area (Å²) < 4.78 is 27.6. The van der Waals surface area contributed by atoms with Crippen molar-refractivity contribution >= 4 is 33.0 Å². The normalized spacial score (nSPS) is 18.0. The van der Waals surface area contributed by atoms with Gasteiger partial charge in [0.2, 0.25) is 0 Å². The first kappa shape index (κ1) is 16.1. The van der Waals surface area contributed by atoms with E-state index >= 15 is 0 Å². The van der Waals surface area contributed by atoms with Crippen LogP contribution in [0.5, 0.6) is 0 Å². The third kappa shape index (κ3) is 2.79. The molecule has 1 unspecified atom stereocenters. The molecule has 1 heterocycles. The van der Waals surface area contributed by atoms with Crippen molar-refractivity contribution in [3.05, 3.63) is 53.6 Å². The van der Waals surface area contributed by atoms with Crippen LogP contribution in [0.2, 0.25) is 5.02 Å². The highest BCUT2D eigenvalue weighted by atomic mass is 35.5. The van der Waals surface area contributed by atoms with Crippen LogP contribution in [-0.4, -0.2) is 27.5 Å². The number of anilines is 2. The van der Waals surface area contributed by atoms with Crippen LogP contribution in [0.25, 0.3) is 0 Å². The number of nitrogens with zero attached hydrogens (tertiary/aromatic N) is 2. The number of likely N-dealkylation sites (N-methyl/N-ethyl adjacent to an activating group) is 1. The number of fused-ring (bicyclic) bond motifs is 1. The lowest BCUT2D eigenvalue weighted by Gasteiger charge is -2.42. The van der Waals surface area contributed by atoms with Gasteiger partial charge in [0, 0.05) is 17.6 Å². The molecular weight excluding hydrogens is 332 g/mol. The van der Waals surface area contributed by atoms with Crippen molar-refractivity contribution in [3.63, 3.8) is 0 Å². The molecule has 1 atom stereocenters. The van der Waals surface area contributed by atoms with E-state index < -0.39 is 10.0 Å². The average Bonchev–Trinajstić information content (AvgIpc) is 2.54. The fourth-order valence-electron chi connectivity index (χ4n) is 3.04. The van der Waals surface area contributed by atoms with Crippen LogP contribution in [0.3, 0.4) is 0 Å². The molecule has 0 saturated carbocycles. The fraction of sp³-hybridized carbons (Fsp3) is 0.294. The van der Waals surface area contributed by atoms with Crippen molar-refractivity contribution in [3.8, 4) is 0 Å². The zero-order valence-electron chi connectivity index (χ0n) is 13.1. The summed E-state index contributed by atoms with van der Waals surface area (Å²) in [6.07, 6.45) is 0. The molecule has 0 spiro atoms. The summed E-state index contributed by atoms with van der Waals surface area (Å²) in [6, 6.07) is 14.1. The second-order valence-corrected chi connectivity index (χ2v) is 7.91. The molecule has 0 N–H and O–H groups in total. The van der Waals surface area contributed by atoms with E-state index in [9.17, 15) is 8.42 Å². The number of hydrogen-bond donors (Lipinski definition) is 0. The third-order valence-corrected chi connectivity index (χ3v) is 6.21. The van der Waals surface area contributed by atoms with Crippen LogP contribution < -0.4 is 9.21 Å². The Morgan fingerprint density at radius 2 is 1.70 bits per heavy atom. The number of para-hydroxylation sites is 2. The summed E-state index contributed by atoms with van der Waals surface area (Å²) in [4.78, 5) is 2.48. The maximum absolute atomic E-state index is 13.1. The Bertz CT molecular complexity index is 806. The number of rotatable bonds is 3. The van der Waals surface area contributed by atoms with E-state index in [1.165, 1.54) is 4.31 Å². The van der Waals surface area contributed by atoms with Gasteiger partial charge in [-0.1, -0.05) is 23.7 Å². The molecule has 122 valence electrons. The van der Waals surface area contributed by atoms with Crippen LogP contribution in [0, 0.1) is 0 Å². The summed E-state index contributed by atoms with van der Waals surface area (Å²) in [6.45, 7) is 5.39. The molecule has 0 aromatic heterocycles. The summed E-state index contributed by atoms with van der Waals surface area (Å²) >= 11 is 5.87. The van der Waals surface area contributed by atoms with Crippen molar-refractivity contribution < 1.29 is 8.42 Å². The predicted octanol–water partition coefficient (Wildman–Crippen LogP) is 3.76. The highest BCUT2D eigenvalue weighted by molar-refractivity contribution is 7.92. The van der Waals surface area contributed by atoms with Crippen LogP contribution in [0.1, 0.15) is 13.8 Å². The van der Waals surface area contributed by atoms with Crippen LogP contribution in [0.4, 0.5) is 11.4 Å². The lowest BCUT2D eigenvalue weighted by atomic mass is 10.1. The Balaban J connectivity index is 2.11. The number of halogens is 1. The van der Waals surface area contributed by atoms with Crippen molar-refractivity contribution in [2.45, 2.75) is 24.8 Å². The Hall–Kier alpha value is -1.72. The van der Waals surface area contributed by atoms with Gasteiger partial charge < -0.3 is 4.90 Å². The molecule has 1 aliphatic rings. The molecule has 0 aliphatic carbocycles. The largest absolute Gasteiger partial charge is 0.366 e. The Kier molecular flexibility index (Phi) is 4.25. The summed E-state index contributed by atoms with van der Waals surface area (Å²) in [7, 11) is -3.61. The van der Waals surface area contributed by atoms with Crippen LogP contribution in [0.15, 0.2) is 53.4 Å². The molecule has 3 rings (SSSR count). The highest BCUT2D eigenvalue weighted by Gasteiger charge is 2.34. The van der Waals surface area contributed by atoms with Gasteiger partial charge in [0.05, 0.1) is 22.8 Å². The molecule has 23 heavy (non-hydrogen) atoms. The Labute approximate surface area is 142 Å². The van der Waals surface area contributed by atoms with Gasteiger partial charge in [-0.3, -0.25) is 4.31 Å². The molecule has 6 heteroatoms. The SMILES string of the molecule is CCN1c2ccccc2N(S(=O)(=O)c2ccc(Cl)cc2)CC1C. The lowest BCUT2D eigenvalue weighted by Crippen LogP contribution is -2.49. The molecular formula is C17H19ClN2O2S. The van der Waals surface area contributed by atoms with E-state index in [2.05, 4.69) is 11.8 Å². The zero-order valence-corrected chi connectivity index (χ0v) is 14.7. The second-order valence-electron chi connectivity index (χ2n) is 5.61. The molecule has 0 saturated heterocycles. The summed E-state index contributed by atoms with van der Waals surface area (Å²) in [5.41, 5.74) is 1.67. The first-order valence-electron chi connectivity index (χ1n) is 7.59. The van der Waals surface area contributed by atoms with E-state index in [4.69, 9.17) is 11.6 Å². The van der Waals surface area contributed by atoms with E-state index in [1.807, 2.05) is 31.2 Å². The van der Waals surface area contributed by atoms with Crippen molar-refractivity contribution in [2.75, 3.05) is 22.3 Å².